The van der Waals surface area contributed by atoms with Crippen LogP contribution in [0.15, 0.2) is 34.9 Å². The third-order valence-corrected chi connectivity index (χ3v) is 3.51. The number of halogens is 1. The fraction of sp³-hybridized carbons (Fsp3) is 0.200. The molecule has 1 heterocycles. The van der Waals surface area contributed by atoms with Crippen LogP contribution in [0.3, 0.4) is 0 Å². The van der Waals surface area contributed by atoms with Crippen LogP contribution in [0.2, 0.25) is 0 Å². The number of aryl methyl sites for hydroxylation is 2. The molecular formula is C15H16BrN3O3. The Morgan fingerprint density at radius 1 is 1.18 bits per heavy atom. The Labute approximate surface area is 136 Å². The van der Waals surface area contributed by atoms with Crippen LogP contribution in [-0.4, -0.2) is 23.4 Å². The van der Waals surface area contributed by atoms with E-state index in [-0.39, 0.29) is 6.61 Å². The van der Waals surface area contributed by atoms with Crippen molar-refractivity contribution in [1.29, 1.82) is 0 Å². The molecule has 0 unspecified atom stereocenters. The predicted octanol–water partition coefficient (Wildman–Crippen LogP) is 2.23. The van der Waals surface area contributed by atoms with Crippen molar-refractivity contribution in [3.63, 3.8) is 0 Å². The van der Waals surface area contributed by atoms with Gasteiger partial charge in [-0.2, -0.15) is 0 Å². The average Bonchev–Trinajstić information content (AvgIpc) is 2.92. The second-order valence-electron chi connectivity index (χ2n) is 4.77. The first-order chi connectivity index (χ1) is 10.5. The molecule has 2 amide bonds. The van der Waals surface area contributed by atoms with Gasteiger partial charge in [0.1, 0.15) is 11.4 Å². The molecule has 3 N–H and O–H groups in total. The largest absolute Gasteiger partial charge is 0.484 e. The lowest BCUT2D eigenvalue weighted by atomic mass is 10.1. The molecule has 0 radical (unpaired) electrons. The maximum Gasteiger partial charge on any atom is 0.286 e. The van der Waals surface area contributed by atoms with Crippen LogP contribution < -0.4 is 15.6 Å². The minimum Gasteiger partial charge on any atom is -0.484 e. The summed E-state index contributed by atoms with van der Waals surface area (Å²) >= 11 is 3.22. The van der Waals surface area contributed by atoms with Gasteiger partial charge in [0.15, 0.2) is 6.61 Å². The summed E-state index contributed by atoms with van der Waals surface area (Å²) in [6.07, 6.45) is 1.62. The number of nitrogens with one attached hydrogen (secondary N) is 3. The Morgan fingerprint density at radius 3 is 2.59 bits per heavy atom. The Morgan fingerprint density at radius 2 is 1.95 bits per heavy atom. The van der Waals surface area contributed by atoms with Gasteiger partial charge in [0.05, 0.1) is 0 Å². The van der Waals surface area contributed by atoms with Gasteiger partial charge in [-0.25, -0.2) is 0 Å². The molecule has 7 heteroatoms. The average molecular weight is 366 g/mol. The standard InChI is InChI=1S/C15H16BrN3O3/c1-9-3-4-12(5-10(9)2)22-8-14(20)18-19-15(21)13-6-11(16)7-17-13/h3-7,17H,8H2,1-2H3,(H,18,20)(H,19,21). The van der Waals surface area contributed by atoms with Crippen molar-refractivity contribution in [2.45, 2.75) is 13.8 Å². The summed E-state index contributed by atoms with van der Waals surface area (Å²) in [6.45, 7) is 3.79. The van der Waals surface area contributed by atoms with E-state index in [9.17, 15) is 9.59 Å². The lowest BCUT2D eigenvalue weighted by Gasteiger charge is -2.09. The molecule has 6 nitrogen and oxygen atoms in total. The lowest BCUT2D eigenvalue weighted by Crippen LogP contribution is -2.43. The number of hydrogen-bond donors (Lipinski definition) is 3. The highest BCUT2D eigenvalue weighted by molar-refractivity contribution is 9.10. The lowest BCUT2D eigenvalue weighted by molar-refractivity contribution is -0.123. The van der Waals surface area contributed by atoms with Gasteiger partial charge in [0.25, 0.3) is 11.8 Å². The van der Waals surface area contributed by atoms with Crippen LogP contribution >= 0.6 is 15.9 Å². The molecule has 0 atom stereocenters. The van der Waals surface area contributed by atoms with Gasteiger partial charge in [0, 0.05) is 10.7 Å². The van der Waals surface area contributed by atoms with Crippen molar-refractivity contribution in [2.75, 3.05) is 6.61 Å². The second kappa shape index (κ2) is 7.13. The van der Waals surface area contributed by atoms with E-state index in [2.05, 4.69) is 31.8 Å². The fourth-order valence-corrected chi connectivity index (χ4v) is 2.02. The zero-order chi connectivity index (χ0) is 16.1. The number of carbonyl (C=O) groups is 2. The molecule has 0 fully saturated rings. The molecule has 0 aliphatic carbocycles. The maximum atomic E-state index is 11.7. The smallest absolute Gasteiger partial charge is 0.286 e. The van der Waals surface area contributed by atoms with E-state index in [1.807, 2.05) is 26.0 Å². The third-order valence-electron chi connectivity index (χ3n) is 3.06. The summed E-state index contributed by atoms with van der Waals surface area (Å²) < 4.78 is 6.12. The number of hydrazine groups is 1. The van der Waals surface area contributed by atoms with E-state index >= 15 is 0 Å². The summed E-state index contributed by atoms with van der Waals surface area (Å²) in [5.41, 5.74) is 7.16. The monoisotopic (exact) mass is 365 g/mol. The number of amides is 2. The van der Waals surface area contributed by atoms with Crippen molar-refractivity contribution >= 4 is 27.7 Å². The number of rotatable bonds is 4. The summed E-state index contributed by atoms with van der Waals surface area (Å²) in [5.74, 6) is -0.277. The SMILES string of the molecule is Cc1ccc(OCC(=O)NNC(=O)c2cc(Br)c[nH]2)cc1C. The summed E-state index contributed by atoms with van der Waals surface area (Å²) in [6, 6.07) is 7.18. The first-order valence-corrected chi connectivity index (χ1v) is 7.38. The van der Waals surface area contributed by atoms with E-state index in [1.165, 1.54) is 0 Å². The van der Waals surface area contributed by atoms with Crippen LogP contribution in [-0.2, 0) is 4.79 Å². The molecule has 0 aliphatic rings. The number of aromatic nitrogens is 1. The number of hydrogen-bond acceptors (Lipinski definition) is 3. The number of benzene rings is 1. The molecule has 0 saturated heterocycles. The zero-order valence-corrected chi connectivity index (χ0v) is 13.8. The van der Waals surface area contributed by atoms with Crippen LogP contribution in [0.4, 0.5) is 0 Å². The predicted molar refractivity (Wildman–Crippen MR) is 85.5 cm³/mol. The van der Waals surface area contributed by atoms with Crippen LogP contribution in [0.1, 0.15) is 21.6 Å². The minimum atomic E-state index is -0.447. The highest BCUT2D eigenvalue weighted by Gasteiger charge is 2.09. The van der Waals surface area contributed by atoms with E-state index < -0.39 is 11.8 Å². The first-order valence-electron chi connectivity index (χ1n) is 6.59. The summed E-state index contributed by atoms with van der Waals surface area (Å²) in [7, 11) is 0. The van der Waals surface area contributed by atoms with Crippen LogP contribution in [0.25, 0.3) is 0 Å². The summed E-state index contributed by atoms with van der Waals surface area (Å²) in [5, 5.41) is 0. The number of aromatic amines is 1. The number of H-pyrrole nitrogens is 1. The Hall–Kier alpha value is -2.28. The molecule has 0 aliphatic heterocycles. The fourth-order valence-electron chi connectivity index (χ4n) is 1.68. The van der Waals surface area contributed by atoms with Crippen molar-refractivity contribution < 1.29 is 14.3 Å². The summed E-state index contributed by atoms with van der Waals surface area (Å²) in [4.78, 5) is 26.1. The second-order valence-corrected chi connectivity index (χ2v) is 5.68. The van der Waals surface area contributed by atoms with Gasteiger partial charge in [-0.05, 0) is 59.1 Å². The van der Waals surface area contributed by atoms with Crippen molar-refractivity contribution in [3.8, 4) is 5.75 Å². The van der Waals surface area contributed by atoms with Crippen molar-refractivity contribution in [3.05, 3.63) is 51.8 Å². The third kappa shape index (κ3) is 4.36. The molecule has 116 valence electrons. The Kier molecular flexibility index (Phi) is 5.21. The maximum absolute atomic E-state index is 11.7. The highest BCUT2D eigenvalue weighted by atomic mass is 79.9. The number of ether oxygens (including phenoxy) is 1. The van der Waals surface area contributed by atoms with E-state index in [0.717, 1.165) is 15.6 Å². The van der Waals surface area contributed by atoms with Crippen molar-refractivity contribution in [1.82, 2.24) is 15.8 Å². The Balaban J connectivity index is 1.78. The normalized spacial score (nSPS) is 10.1. The van der Waals surface area contributed by atoms with Gasteiger partial charge in [-0.3, -0.25) is 20.4 Å². The minimum absolute atomic E-state index is 0.183. The van der Waals surface area contributed by atoms with Gasteiger partial charge >= 0.3 is 0 Å². The van der Waals surface area contributed by atoms with Gasteiger partial charge in [-0.1, -0.05) is 6.07 Å². The quantitative estimate of drug-likeness (QED) is 0.726. The van der Waals surface area contributed by atoms with E-state index in [0.29, 0.717) is 11.4 Å². The van der Waals surface area contributed by atoms with Crippen LogP contribution in [0.5, 0.6) is 5.75 Å². The molecule has 0 bridgehead atoms. The van der Waals surface area contributed by atoms with Crippen LogP contribution in [0, 0.1) is 13.8 Å². The molecule has 1 aromatic heterocycles. The van der Waals surface area contributed by atoms with Gasteiger partial charge < -0.3 is 9.72 Å². The van der Waals surface area contributed by atoms with Crippen molar-refractivity contribution in [2.24, 2.45) is 0 Å². The highest BCUT2D eigenvalue weighted by Crippen LogP contribution is 2.16. The zero-order valence-electron chi connectivity index (χ0n) is 12.2. The molecule has 22 heavy (non-hydrogen) atoms. The van der Waals surface area contributed by atoms with Gasteiger partial charge in [0.2, 0.25) is 0 Å². The van der Waals surface area contributed by atoms with Gasteiger partial charge in [-0.15, -0.1) is 0 Å². The molecule has 2 rings (SSSR count). The van der Waals surface area contributed by atoms with E-state index in [4.69, 9.17) is 4.74 Å². The Bertz CT molecular complexity index is 697. The molecule has 2 aromatic rings. The molecule has 1 aromatic carbocycles. The van der Waals surface area contributed by atoms with E-state index in [1.54, 1.807) is 18.3 Å². The topological polar surface area (TPSA) is 83.2 Å². The molecule has 0 spiro atoms. The number of carbonyl (C=O) groups excluding carboxylic acids is 2. The first kappa shape index (κ1) is 16.1. The molecule has 0 saturated carbocycles. The molecular weight excluding hydrogens is 350 g/mol.